The number of benzene rings is 3. The normalized spacial score (nSPS) is 10.9. The van der Waals surface area contributed by atoms with Crippen molar-refractivity contribution in [2.24, 2.45) is 0 Å². The van der Waals surface area contributed by atoms with Crippen molar-refractivity contribution in [2.45, 2.75) is 13.8 Å². The summed E-state index contributed by atoms with van der Waals surface area (Å²) in [4.78, 5) is 24.4. The first-order chi connectivity index (χ1) is 17.5. The van der Waals surface area contributed by atoms with Gasteiger partial charge in [0.2, 0.25) is 0 Å². The summed E-state index contributed by atoms with van der Waals surface area (Å²) >= 11 is 0. The lowest BCUT2D eigenvalue weighted by molar-refractivity contribution is 0.111. The molecule has 0 saturated carbocycles. The molecule has 2 heterocycles. The van der Waals surface area contributed by atoms with Crippen molar-refractivity contribution in [3.63, 3.8) is 0 Å². The van der Waals surface area contributed by atoms with Crippen molar-refractivity contribution in [2.75, 3.05) is 12.4 Å². The van der Waals surface area contributed by atoms with Crippen molar-refractivity contribution in [1.29, 1.82) is 0 Å². The van der Waals surface area contributed by atoms with Gasteiger partial charge in [-0.3, -0.25) is 9.78 Å². The number of aldehydes is 1. The molecule has 0 unspecified atom stereocenters. The molecule has 0 atom stereocenters. The van der Waals surface area contributed by atoms with Crippen molar-refractivity contribution < 1.29 is 13.9 Å². The quantitative estimate of drug-likeness (QED) is 0.274. The fourth-order valence-electron chi connectivity index (χ4n) is 4.45. The molecule has 5 rings (SSSR count). The third-order valence-corrected chi connectivity index (χ3v) is 6.35. The number of nitrogens with one attached hydrogen (secondary N) is 1. The molecular formula is C29H23FN4O2. The van der Waals surface area contributed by atoms with Crippen LogP contribution in [-0.2, 0) is 0 Å². The van der Waals surface area contributed by atoms with Crippen LogP contribution in [0.3, 0.4) is 0 Å². The Morgan fingerprint density at radius 1 is 0.889 bits per heavy atom. The minimum Gasteiger partial charge on any atom is -0.496 e. The van der Waals surface area contributed by atoms with E-state index in [1.165, 1.54) is 19.5 Å². The standard InChI is InChI=1S/C29H23FN4O2/c1-17-20(19-13-24(30)23(15-35)27(14-19)36-3)7-4-8-21(17)22-9-5-10-25(18(22)2)34-29-28-26(32-16-33-29)11-6-12-31-28/h4-16H,1-3H3,(H,32,33,34). The zero-order valence-electron chi connectivity index (χ0n) is 20.0. The number of ether oxygens (including phenoxy) is 1. The number of fused-ring (bicyclic) bond motifs is 1. The fraction of sp³-hybridized carbons (Fsp3) is 0.103. The second-order valence-electron chi connectivity index (χ2n) is 8.37. The highest BCUT2D eigenvalue weighted by Gasteiger charge is 2.16. The van der Waals surface area contributed by atoms with E-state index in [0.717, 1.165) is 39.0 Å². The maximum Gasteiger partial charge on any atom is 0.160 e. The Hall–Kier alpha value is -4.65. The van der Waals surface area contributed by atoms with E-state index in [-0.39, 0.29) is 11.3 Å². The lowest BCUT2D eigenvalue weighted by Gasteiger charge is -2.17. The monoisotopic (exact) mass is 478 g/mol. The average Bonchev–Trinajstić information content (AvgIpc) is 2.90. The molecule has 0 spiro atoms. The van der Waals surface area contributed by atoms with Gasteiger partial charge in [0.1, 0.15) is 23.4 Å². The van der Waals surface area contributed by atoms with Gasteiger partial charge in [-0.25, -0.2) is 14.4 Å². The van der Waals surface area contributed by atoms with Gasteiger partial charge in [-0.05, 0) is 77.6 Å². The summed E-state index contributed by atoms with van der Waals surface area (Å²) in [7, 11) is 1.42. The molecule has 2 aromatic heterocycles. The number of nitrogens with zero attached hydrogens (tertiary/aromatic N) is 3. The molecule has 6 nitrogen and oxygen atoms in total. The molecule has 0 bridgehead atoms. The summed E-state index contributed by atoms with van der Waals surface area (Å²) in [5.74, 6) is 0.222. The van der Waals surface area contributed by atoms with Gasteiger partial charge in [-0.15, -0.1) is 0 Å². The van der Waals surface area contributed by atoms with Gasteiger partial charge >= 0.3 is 0 Å². The van der Waals surface area contributed by atoms with E-state index < -0.39 is 5.82 Å². The van der Waals surface area contributed by atoms with Crippen LogP contribution in [0.1, 0.15) is 21.5 Å². The number of methoxy groups -OCH3 is 1. The first-order valence-electron chi connectivity index (χ1n) is 11.4. The third kappa shape index (κ3) is 4.05. The van der Waals surface area contributed by atoms with Gasteiger partial charge in [0.15, 0.2) is 12.1 Å². The van der Waals surface area contributed by atoms with Crippen LogP contribution in [0.15, 0.2) is 73.2 Å². The molecule has 36 heavy (non-hydrogen) atoms. The van der Waals surface area contributed by atoms with Crippen LogP contribution >= 0.6 is 0 Å². The molecule has 178 valence electrons. The highest BCUT2D eigenvalue weighted by Crippen LogP contribution is 2.38. The molecule has 0 radical (unpaired) electrons. The number of halogens is 1. The second kappa shape index (κ2) is 9.54. The van der Waals surface area contributed by atoms with Crippen molar-refractivity contribution in [3.8, 4) is 28.0 Å². The number of rotatable bonds is 6. The average molecular weight is 479 g/mol. The van der Waals surface area contributed by atoms with Gasteiger partial charge in [-0.2, -0.15) is 0 Å². The Morgan fingerprint density at radius 2 is 1.64 bits per heavy atom. The lowest BCUT2D eigenvalue weighted by atomic mass is 9.90. The number of hydrogen-bond acceptors (Lipinski definition) is 6. The summed E-state index contributed by atoms with van der Waals surface area (Å²) in [5, 5.41) is 3.41. The van der Waals surface area contributed by atoms with Gasteiger partial charge in [-0.1, -0.05) is 30.3 Å². The Kier molecular flexibility index (Phi) is 6.12. The van der Waals surface area contributed by atoms with Crippen molar-refractivity contribution in [1.82, 2.24) is 15.0 Å². The zero-order valence-corrected chi connectivity index (χ0v) is 20.0. The molecule has 0 saturated heterocycles. The largest absolute Gasteiger partial charge is 0.496 e. The van der Waals surface area contributed by atoms with Crippen LogP contribution in [0.4, 0.5) is 15.9 Å². The van der Waals surface area contributed by atoms with Crippen molar-refractivity contribution >= 4 is 28.8 Å². The predicted molar refractivity (Wildman–Crippen MR) is 139 cm³/mol. The number of aromatic nitrogens is 3. The summed E-state index contributed by atoms with van der Waals surface area (Å²) in [6, 6.07) is 18.7. The maximum absolute atomic E-state index is 14.6. The minimum absolute atomic E-state index is 0.0867. The molecule has 3 aromatic carbocycles. The Balaban J connectivity index is 1.58. The van der Waals surface area contributed by atoms with E-state index in [9.17, 15) is 9.18 Å². The number of hydrogen-bond donors (Lipinski definition) is 1. The summed E-state index contributed by atoms with van der Waals surface area (Å²) in [6.45, 7) is 4.05. The first kappa shape index (κ1) is 23.1. The van der Waals surface area contributed by atoms with Gasteiger partial charge in [0.25, 0.3) is 0 Å². The molecule has 0 fully saturated rings. The predicted octanol–water partition coefficient (Wildman–Crippen LogP) is 6.68. The second-order valence-corrected chi connectivity index (χ2v) is 8.37. The van der Waals surface area contributed by atoms with E-state index in [2.05, 4.69) is 26.3 Å². The van der Waals surface area contributed by atoms with Crippen LogP contribution in [0, 0.1) is 19.7 Å². The van der Waals surface area contributed by atoms with Crippen LogP contribution in [0.25, 0.3) is 33.3 Å². The van der Waals surface area contributed by atoms with Crippen molar-refractivity contribution in [3.05, 3.63) is 95.7 Å². The van der Waals surface area contributed by atoms with E-state index in [1.807, 2.05) is 56.3 Å². The summed E-state index contributed by atoms with van der Waals surface area (Å²) in [5.41, 5.74) is 7.80. The topological polar surface area (TPSA) is 77.0 Å². The smallest absolute Gasteiger partial charge is 0.160 e. The van der Waals surface area contributed by atoms with E-state index >= 15 is 0 Å². The SMILES string of the molecule is COc1cc(-c2cccc(-c3cccc(Nc4ncnc5cccnc45)c3C)c2C)cc(F)c1C=O. The number of pyridine rings is 1. The van der Waals surface area contributed by atoms with Gasteiger partial charge < -0.3 is 10.1 Å². The summed E-state index contributed by atoms with van der Waals surface area (Å²) in [6.07, 6.45) is 3.70. The van der Waals surface area contributed by atoms with Gasteiger partial charge in [0, 0.05) is 11.9 Å². The van der Waals surface area contributed by atoms with E-state index in [0.29, 0.717) is 23.2 Å². The highest BCUT2D eigenvalue weighted by molar-refractivity contribution is 5.89. The van der Waals surface area contributed by atoms with E-state index in [4.69, 9.17) is 4.74 Å². The molecule has 0 aliphatic carbocycles. The van der Waals surface area contributed by atoms with Crippen LogP contribution < -0.4 is 10.1 Å². The molecular weight excluding hydrogens is 455 g/mol. The van der Waals surface area contributed by atoms with E-state index in [1.54, 1.807) is 12.3 Å². The third-order valence-electron chi connectivity index (χ3n) is 6.35. The van der Waals surface area contributed by atoms with Crippen LogP contribution in [0.2, 0.25) is 0 Å². The number of carbonyl (C=O) groups excluding carboxylic acids is 1. The Labute approximate surface area is 207 Å². The molecule has 5 aromatic rings. The zero-order chi connectivity index (χ0) is 25.2. The van der Waals surface area contributed by atoms with Crippen LogP contribution in [0.5, 0.6) is 5.75 Å². The lowest BCUT2D eigenvalue weighted by Crippen LogP contribution is -2.00. The first-order valence-corrected chi connectivity index (χ1v) is 11.4. The highest BCUT2D eigenvalue weighted by atomic mass is 19.1. The van der Waals surface area contributed by atoms with Gasteiger partial charge in [0.05, 0.1) is 18.2 Å². The Bertz CT molecular complexity index is 1610. The number of anilines is 2. The number of carbonyl (C=O) groups is 1. The maximum atomic E-state index is 14.6. The van der Waals surface area contributed by atoms with Crippen LogP contribution in [-0.4, -0.2) is 28.3 Å². The molecule has 0 aliphatic heterocycles. The summed E-state index contributed by atoms with van der Waals surface area (Å²) < 4.78 is 19.9. The molecule has 0 amide bonds. The molecule has 1 N–H and O–H groups in total. The molecule has 0 aliphatic rings. The molecule has 7 heteroatoms. The minimum atomic E-state index is -0.614. The fourth-order valence-corrected chi connectivity index (χ4v) is 4.45. The Morgan fingerprint density at radius 3 is 2.42 bits per heavy atom.